The average Bonchev–Trinajstić information content (AvgIpc) is 2.43. The first-order chi connectivity index (χ1) is 9.10. The van der Waals surface area contributed by atoms with Gasteiger partial charge < -0.3 is 9.84 Å². The van der Waals surface area contributed by atoms with Gasteiger partial charge in [0.1, 0.15) is 12.0 Å². The summed E-state index contributed by atoms with van der Waals surface area (Å²) < 4.78 is 5.24. The Balaban J connectivity index is 3.02. The second-order valence-corrected chi connectivity index (χ2v) is 4.41. The van der Waals surface area contributed by atoms with Gasteiger partial charge in [0.15, 0.2) is 0 Å². The van der Waals surface area contributed by atoms with E-state index in [2.05, 4.69) is 0 Å². The number of carbonyl (C=O) groups excluding carboxylic acids is 1. The number of benzene rings is 1. The maximum Gasteiger partial charge on any atom is 0.336 e. The molecule has 0 saturated heterocycles. The zero-order chi connectivity index (χ0) is 14.3. The lowest BCUT2D eigenvalue weighted by Gasteiger charge is -2.19. The van der Waals surface area contributed by atoms with E-state index in [-0.39, 0.29) is 11.4 Å². The van der Waals surface area contributed by atoms with Crippen LogP contribution in [0.4, 0.5) is 0 Å². The summed E-state index contributed by atoms with van der Waals surface area (Å²) >= 11 is 5.43. The van der Waals surface area contributed by atoms with Crippen LogP contribution in [0.2, 0.25) is 0 Å². The fourth-order valence-corrected chi connectivity index (χ4v) is 1.89. The highest BCUT2D eigenvalue weighted by molar-refractivity contribution is 6.26. The SMILES string of the molecule is CCCC[C@H](OC(=O)CCl)c1ccccc1C(=O)O. The highest BCUT2D eigenvalue weighted by atomic mass is 35.5. The Bertz CT molecular complexity index is 445. The molecule has 1 rings (SSSR count). The first kappa shape index (κ1) is 15.5. The fraction of sp³-hybridized carbons (Fsp3) is 0.429. The van der Waals surface area contributed by atoms with Crippen molar-refractivity contribution in [1.82, 2.24) is 0 Å². The number of hydrogen-bond acceptors (Lipinski definition) is 3. The second kappa shape index (κ2) is 7.79. The summed E-state index contributed by atoms with van der Waals surface area (Å²) in [5.74, 6) is -1.81. The molecule has 0 fully saturated rings. The minimum Gasteiger partial charge on any atom is -0.478 e. The topological polar surface area (TPSA) is 63.6 Å². The Labute approximate surface area is 117 Å². The molecule has 4 nitrogen and oxygen atoms in total. The van der Waals surface area contributed by atoms with Crippen LogP contribution < -0.4 is 0 Å². The number of halogens is 1. The number of carbonyl (C=O) groups is 2. The van der Waals surface area contributed by atoms with Gasteiger partial charge in [-0.15, -0.1) is 11.6 Å². The molecule has 0 unspecified atom stereocenters. The number of carboxylic acids is 1. The third-order valence-corrected chi connectivity index (χ3v) is 2.96. The van der Waals surface area contributed by atoms with E-state index in [4.69, 9.17) is 21.4 Å². The van der Waals surface area contributed by atoms with Crippen molar-refractivity contribution in [3.8, 4) is 0 Å². The Morgan fingerprint density at radius 2 is 2.05 bits per heavy atom. The predicted molar refractivity (Wildman–Crippen MR) is 72.5 cm³/mol. The molecule has 0 aliphatic heterocycles. The highest BCUT2D eigenvalue weighted by Gasteiger charge is 2.21. The average molecular weight is 285 g/mol. The van der Waals surface area contributed by atoms with Crippen LogP contribution in [0.3, 0.4) is 0 Å². The van der Waals surface area contributed by atoms with Crippen LogP contribution in [-0.4, -0.2) is 22.9 Å². The number of alkyl halides is 1. The van der Waals surface area contributed by atoms with Gasteiger partial charge in [-0.25, -0.2) is 4.79 Å². The quantitative estimate of drug-likeness (QED) is 0.616. The summed E-state index contributed by atoms with van der Waals surface area (Å²) in [5.41, 5.74) is 0.674. The van der Waals surface area contributed by atoms with Gasteiger partial charge in [0, 0.05) is 5.56 Å². The highest BCUT2D eigenvalue weighted by Crippen LogP contribution is 2.27. The van der Waals surface area contributed by atoms with E-state index < -0.39 is 18.0 Å². The lowest BCUT2D eigenvalue weighted by molar-refractivity contribution is -0.146. The molecule has 1 atom stereocenters. The maximum atomic E-state index is 11.3. The molecular formula is C14H17ClO4. The van der Waals surface area contributed by atoms with E-state index in [0.29, 0.717) is 12.0 Å². The molecular weight excluding hydrogens is 268 g/mol. The molecule has 1 aromatic rings. The summed E-state index contributed by atoms with van der Waals surface area (Å²) in [5, 5.41) is 9.16. The smallest absolute Gasteiger partial charge is 0.336 e. The van der Waals surface area contributed by atoms with Gasteiger partial charge in [-0.1, -0.05) is 31.5 Å². The minimum atomic E-state index is -1.03. The third kappa shape index (κ3) is 4.56. The van der Waals surface area contributed by atoms with Crippen molar-refractivity contribution in [2.45, 2.75) is 32.3 Å². The van der Waals surface area contributed by atoms with Crippen molar-refractivity contribution in [2.24, 2.45) is 0 Å². The third-order valence-electron chi connectivity index (χ3n) is 2.74. The van der Waals surface area contributed by atoms with Crippen molar-refractivity contribution >= 4 is 23.5 Å². The lowest BCUT2D eigenvalue weighted by Crippen LogP contribution is -2.15. The molecule has 0 aromatic heterocycles. The molecule has 1 N–H and O–H groups in total. The molecule has 19 heavy (non-hydrogen) atoms. The minimum absolute atomic E-state index is 0.158. The van der Waals surface area contributed by atoms with E-state index in [1.807, 2.05) is 6.92 Å². The van der Waals surface area contributed by atoms with Gasteiger partial charge in [-0.2, -0.15) is 0 Å². The van der Waals surface area contributed by atoms with E-state index in [0.717, 1.165) is 12.8 Å². The summed E-state index contributed by atoms with van der Waals surface area (Å²) in [6.45, 7) is 2.02. The molecule has 0 aliphatic rings. The number of ether oxygens (including phenoxy) is 1. The van der Waals surface area contributed by atoms with Crippen LogP contribution >= 0.6 is 11.6 Å². The molecule has 104 valence electrons. The van der Waals surface area contributed by atoms with Crippen LogP contribution in [0.5, 0.6) is 0 Å². The Morgan fingerprint density at radius 1 is 1.37 bits per heavy atom. The first-order valence-corrected chi connectivity index (χ1v) is 6.71. The van der Waals surface area contributed by atoms with Gasteiger partial charge >= 0.3 is 11.9 Å². The largest absolute Gasteiger partial charge is 0.478 e. The number of aromatic carboxylic acids is 1. The van der Waals surface area contributed by atoms with E-state index in [1.165, 1.54) is 6.07 Å². The number of hydrogen-bond donors (Lipinski definition) is 1. The van der Waals surface area contributed by atoms with Crippen LogP contribution in [0.1, 0.15) is 48.2 Å². The van der Waals surface area contributed by atoms with Gasteiger partial charge in [0.25, 0.3) is 0 Å². The van der Waals surface area contributed by atoms with Crippen LogP contribution in [0.15, 0.2) is 24.3 Å². The molecule has 5 heteroatoms. The normalized spacial score (nSPS) is 11.9. The maximum absolute atomic E-state index is 11.3. The summed E-state index contributed by atoms with van der Waals surface area (Å²) in [7, 11) is 0. The second-order valence-electron chi connectivity index (χ2n) is 4.15. The van der Waals surface area contributed by atoms with Gasteiger partial charge in [-0.3, -0.25) is 4.79 Å². The van der Waals surface area contributed by atoms with Crippen molar-refractivity contribution < 1.29 is 19.4 Å². The van der Waals surface area contributed by atoms with E-state index >= 15 is 0 Å². The van der Waals surface area contributed by atoms with Gasteiger partial charge in [-0.05, 0) is 18.9 Å². The standard InChI is InChI=1S/C14H17ClO4/c1-2-3-8-12(19-13(16)9-15)10-6-4-5-7-11(10)14(17)18/h4-7,12H,2-3,8-9H2,1H3,(H,17,18)/t12-/m0/s1. The molecule has 0 radical (unpaired) electrons. The molecule has 0 heterocycles. The fourth-order valence-electron chi connectivity index (χ4n) is 1.83. The lowest BCUT2D eigenvalue weighted by atomic mass is 9.98. The first-order valence-electron chi connectivity index (χ1n) is 6.17. The van der Waals surface area contributed by atoms with Gasteiger partial charge in [0.05, 0.1) is 5.56 Å². The zero-order valence-electron chi connectivity index (χ0n) is 10.8. The van der Waals surface area contributed by atoms with E-state index in [9.17, 15) is 9.59 Å². The predicted octanol–water partition coefficient (Wildman–Crippen LogP) is 3.40. The molecule has 1 aromatic carbocycles. The monoisotopic (exact) mass is 284 g/mol. The number of unbranched alkanes of at least 4 members (excludes halogenated alkanes) is 1. The van der Waals surface area contributed by atoms with E-state index in [1.54, 1.807) is 18.2 Å². The van der Waals surface area contributed by atoms with Crippen molar-refractivity contribution in [2.75, 3.05) is 5.88 Å². The van der Waals surface area contributed by atoms with Crippen LogP contribution in [-0.2, 0) is 9.53 Å². The number of rotatable bonds is 7. The van der Waals surface area contributed by atoms with Crippen molar-refractivity contribution in [3.05, 3.63) is 35.4 Å². The Hall–Kier alpha value is -1.55. The number of esters is 1. The van der Waals surface area contributed by atoms with Gasteiger partial charge in [0.2, 0.25) is 0 Å². The summed E-state index contributed by atoms with van der Waals surface area (Å²) in [6.07, 6.45) is 1.81. The van der Waals surface area contributed by atoms with Crippen LogP contribution in [0, 0.1) is 0 Å². The number of carboxylic acid groups (broad SMARTS) is 1. The van der Waals surface area contributed by atoms with Crippen molar-refractivity contribution in [1.29, 1.82) is 0 Å². The zero-order valence-corrected chi connectivity index (χ0v) is 11.5. The Morgan fingerprint density at radius 3 is 2.63 bits per heavy atom. The summed E-state index contributed by atoms with van der Waals surface area (Å²) in [6, 6.07) is 6.55. The molecule has 0 saturated carbocycles. The summed E-state index contributed by atoms with van der Waals surface area (Å²) in [4.78, 5) is 22.5. The Kier molecular flexibility index (Phi) is 6.36. The molecule has 0 aliphatic carbocycles. The van der Waals surface area contributed by atoms with Crippen LogP contribution in [0.25, 0.3) is 0 Å². The molecule has 0 bridgehead atoms. The van der Waals surface area contributed by atoms with Crippen molar-refractivity contribution in [3.63, 3.8) is 0 Å². The molecule has 0 amide bonds. The molecule has 0 spiro atoms.